The molecule has 0 saturated carbocycles. The highest BCUT2D eigenvalue weighted by Crippen LogP contribution is 2.15. The van der Waals surface area contributed by atoms with Crippen molar-refractivity contribution in [2.45, 2.75) is 62.3 Å². The predicted octanol–water partition coefficient (Wildman–Crippen LogP) is 5.92. The fourth-order valence-electron chi connectivity index (χ4n) is 0.983. The summed E-state index contributed by atoms with van der Waals surface area (Å²) in [6, 6.07) is 0. The van der Waals surface area contributed by atoms with E-state index in [1.54, 1.807) is 0 Å². The van der Waals surface area contributed by atoms with E-state index in [1.807, 2.05) is 34.6 Å². The highest BCUT2D eigenvalue weighted by molar-refractivity contribution is 5.40. The fourth-order valence-corrected chi connectivity index (χ4v) is 0.983. The average molecular weight is 210 g/mol. The summed E-state index contributed by atoms with van der Waals surface area (Å²) in [5.41, 5.74) is 5.08. The molecule has 0 fully saturated rings. The van der Waals surface area contributed by atoms with E-state index in [9.17, 15) is 0 Å². The molecule has 0 saturated heterocycles. The number of rotatable bonds is 2. The summed E-state index contributed by atoms with van der Waals surface area (Å²) in [4.78, 5) is 0. The molecule has 0 amide bonds. The lowest BCUT2D eigenvalue weighted by Crippen LogP contribution is -1.84. The van der Waals surface area contributed by atoms with Gasteiger partial charge in [0.15, 0.2) is 0 Å². The summed E-state index contributed by atoms with van der Waals surface area (Å²) in [5.74, 6) is 0. The highest BCUT2D eigenvalue weighted by Gasteiger charge is 1.95. The van der Waals surface area contributed by atoms with E-state index in [1.165, 1.54) is 16.7 Å². The Balaban J connectivity index is -0.000000318. The lowest BCUT2D eigenvalue weighted by molar-refractivity contribution is 1.26. The van der Waals surface area contributed by atoms with E-state index in [-0.39, 0.29) is 0 Å². The van der Waals surface area contributed by atoms with Crippen molar-refractivity contribution in [2.75, 3.05) is 0 Å². The minimum Gasteiger partial charge on any atom is -0.0955 e. The van der Waals surface area contributed by atoms with Crippen LogP contribution in [0.15, 0.2) is 34.9 Å². The van der Waals surface area contributed by atoms with Gasteiger partial charge in [0, 0.05) is 0 Å². The summed E-state index contributed by atoms with van der Waals surface area (Å²) in [6.45, 7) is 22.4. The van der Waals surface area contributed by atoms with Gasteiger partial charge in [-0.15, -0.1) is 0 Å². The molecule has 0 heterocycles. The molecule has 0 radical (unpaired) electrons. The molecule has 0 aliphatic heterocycles. The third-order valence-electron chi connectivity index (χ3n) is 1.43. The molecule has 0 spiro atoms. The normalized spacial score (nSPS) is 7.27. The first-order valence-corrected chi connectivity index (χ1v) is 5.93. The maximum Gasteiger partial charge on any atom is -0.0247 e. The standard InChI is InChI=1S/C11H18.2C2H6/c1-8(2)7-11(9(3)4)10(5)6;2*1-2/h7H,3H2,1-2,4-6H3;2*1-2H3. The summed E-state index contributed by atoms with van der Waals surface area (Å²) in [7, 11) is 0. The van der Waals surface area contributed by atoms with E-state index in [2.05, 4.69) is 40.3 Å². The Bertz CT molecular complexity index is 206. The SMILES string of the molecule is C=C(C)C(C=C(C)C)=C(C)C.CC.CC. The van der Waals surface area contributed by atoms with Crippen LogP contribution in [0.2, 0.25) is 0 Å². The molecular weight excluding hydrogens is 180 g/mol. The quantitative estimate of drug-likeness (QED) is 0.496. The van der Waals surface area contributed by atoms with Crippen LogP contribution >= 0.6 is 0 Å². The van der Waals surface area contributed by atoms with Crippen LogP contribution in [-0.2, 0) is 0 Å². The van der Waals surface area contributed by atoms with E-state index in [0.717, 1.165) is 5.57 Å². The molecule has 15 heavy (non-hydrogen) atoms. The van der Waals surface area contributed by atoms with Crippen molar-refractivity contribution < 1.29 is 0 Å². The average Bonchev–Trinajstić information content (AvgIpc) is 2.19. The van der Waals surface area contributed by atoms with Gasteiger partial charge < -0.3 is 0 Å². The zero-order chi connectivity index (χ0) is 13.0. The zero-order valence-electron chi connectivity index (χ0n) is 12.3. The van der Waals surface area contributed by atoms with Crippen molar-refractivity contribution in [2.24, 2.45) is 0 Å². The lowest BCUT2D eigenvalue weighted by Gasteiger charge is -2.04. The van der Waals surface area contributed by atoms with Crippen molar-refractivity contribution >= 4 is 0 Å². The molecule has 0 aromatic carbocycles. The molecule has 0 atom stereocenters. The van der Waals surface area contributed by atoms with Gasteiger partial charge in [-0.2, -0.15) is 0 Å². The van der Waals surface area contributed by atoms with Gasteiger partial charge >= 0.3 is 0 Å². The van der Waals surface area contributed by atoms with Crippen LogP contribution in [0.1, 0.15) is 62.3 Å². The predicted molar refractivity (Wildman–Crippen MR) is 75.3 cm³/mol. The Kier molecular flexibility index (Phi) is 17.4. The van der Waals surface area contributed by atoms with Gasteiger partial charge in [-0.25, -0.2) is 0 Å². The first kappa shape index (κ1) is 19.7. The Hall–Kier alpha value is -0.780. The first-order valence-electron chi connectivity index (χ1n) is 5.93. The second-order valence-electron chi connectivity index (χ2n) is 3.42. The maximum atomic E-state index is 3.93. The van der Waals surface area contributed by atoms with E-state index in [0.29, 0.717) is 0 Å². The van der Waals surface area contributed by atoms with E-state index >= 15 is 0 Å². The van der Waals surface area contributed by atoms with Crippen LogP contribution in [-0.4, -0.2) is 0 Å². The van der Waals surface area contributed by atoms with Crippen LogP contribution in [0, 0.1) is 0 Å². The smallest absolute Gasteiger partial charge is 0.0247 e. The highest BCUT2D eigenvalue weighted by atomic mass is 14.0. The van der Waals surface area contributed by atoms with Crippen molar-refractivity contribution in [1.29, 1.82) is 0 Å². The number of allylic oxidation sites excluding steroid dienone is 5. The largest absolute Gasteiger partial charge is 0.0955 e. The van der Waals surface area contributed by atoms with Gasteiger partial charge in [-0.3, -0.25) is 0 Å². The van der Waals surface area contributed by atoms with Gasteiger partial charge in [0.05, 0.1) is 0 Å². The summed E-state index contributed by atoms with van der Waals surface area (Å²) in [6.07, 6.45) is 2.18. The molecular formula is C15H30. The molecule has 0 aromatic heterocycles. The summed E-state index contributed by atoms with van der Waals surface area (Å²) in [5, 5.41) is 0. The van der Waals surface area contributed by atoms with Crippen molar-refractivity contribution in [3.05, 3.63) is 34.9 Å². The zero-order valence-corrected chi connectivity index (χ0v) is 12.3. The molecule has 0 rings (SSSR count). The Labute approximate surface area is 97.8 Å². The van der Waals surface area contributed by atoms with Gasteiger partial charge in [0.2, 0.25) is 0 Å². The van der Waals surface area contributed by atoms with Gasteiger partial charge in [-0.1, -0.05) is 57.1 Å². The maximum absolute atomic E-state index is 3.93. The summed E-state index contributed by atoms with van der Waals surface area (Å²) >= 11 is 0. The Morgan fingerprint density at radius 1 is 0.800 bits per heavy atom. The molecule has 0 unspecified atom stereocenters. The van der Waals surface area contributed by atoms with Crippen molar-refractivity contribution in [3.63, 3.8) is 0 Å². The number of hydrogen-bond donors (Lipinski definition) is 0. The van der Waals surface area contributed by atoms with Gasteiger partial charge in [-0.05, 0) is 40.2 Å². The molecule has 0 heteroatoms. The monoisotopic (exact) mass is 210 g/mol. The minimum absolute atomic E-state index is 1.14. The molecule has 90 valence electrons. The second-order valence-corrected chi connectivity index (χ2v) is 3.42. The second kappa shape index (κ2) is 13.2. The van der Waals surface area contributed by atoms with E-state index < -0.39 is 0 Å². The Morgan fingerprint density at radius 2 is 1.13 bits per heavy atom. The molecule has 0 nitrogen and oxygen atoms in total. The summed E-state index contributed by atoms with van der Waals surface area (Å²) < 4.78 is 0. The van der Waals surface area contributed by atoms with Crippen LogP contribution in [0.4, 0.5) is 0 Å². The minimum atomic E-state index is 1.14. The van der Waals surface area contributed by atoms with E-state index in [4.69, 9.17) is 0 Å². The van der Waals surface area contributed by atoms with Gasteiger partial charge in [0.25, 0.3) is 0 Å². The third-order valence-corrected chi connectivity index (χ3v) is 1.43. The lowest BCUT2D eigenvalue weighted by atomic mass is 10.0. The molecule has 0 aliphatic rings. The molecule has 0 aromatic rings. The van der Waals surface area contributed by atoms with Gasteiger partial charge in [0.1, 0.15) is 0 Å². The van der Waals surface area contributed by atoms with Crippen molar-refractivity contribution in [3.8, 4) is 0 Å². The van der Waals surface area contributed by atoms with Crippen LogP contribution < -0.4 is 0 Å². The third kappa shape index (κ3) is 13.2. The first-order chi connectivity index (χ1) is 6.95. The Morgan fingerprint density at radius 3 is 1.20 bits per heavy atom. The van der Waals surface area contributed by atoms with Crippen LogP contribution in [0.5, 0.6) is 0 Å². The van der Waals surface area contributed by atoms with Crippen molar-refractivity contribution in [1.82, 2.24) is 0 Å². The fraction of sp³-hybridized carbons (Fsp3) is 0.600. The molecule has 0 bridgehead atoms. The van der Waals surface area contributed by atoms with Crippen LogP contribution in [0.25, 0.3) is 0 Å². The topological polar surface area (TPSA) is 0 Å². The van der Waals surface area contributed by atoms with Crippen LogP contribution in [0.3, 0.4) is 0 Å². The molecule has 0 aliphatic carbocycles. The number of hydrogen-bond acceptors (Lipinski definition) is 0. The molecule has 0 N–H and O–H groups in total.